The van der Waals surface area contributed by atoms with E-state index in [-0.39, 0.29) is 18.1 Å². The molecule has 2 aromatic carbocycles. The van der Waals surface area contributed by atoms with Crippen LogP contribution in [-0.2, 0) is 16.0 Å². The molecule has 0 aliphatic carbocycles. The molecule has 4 nitrogen and oxygen atoms in total. The van der Waals surface area contributed by atoms with Crippen LogP contribution in [0.1, 0.15) is 16.7 Å². The Morgan fingerprint density at radius 3 is 2.73 bits per heavy atom. The summed E-state index contributed by atoms with van der Waals surface area (Å²) in [5.41, 5.74) is 4.11. The fourth-order valence-corrected chi connectivity index (χ4v) is 2.29. The topological polar surface area (TPSA) is 55.4 Å². The number of hydrogen-bond acceptors (Lipinski definition) is 3. The first-order chi connectivity index (χ1) is 10.7. The largest absolute Gasteiger partial charge is 0.376 e. The molecule has 0 radical (unpaired) electrons. The van der Waals surface area contributed by atoms with E-state index in [9.17, 15) is 14.0 Å². The van der Waals surface area contributed by atoms with Crippen LogP contribution in [0.25, 0.3) is 11.6 Å². The van der Waals surface area contributed by atoms with E-state index in [1.54, 1.807) is 12.1 Å². The Balaban J connectivity index is 2.05. The van der Waals surface area contributed by atoms with Gasteiger partial charge < -0.3 is 4.84 Å². The third kappa shape index (κ3) is 2.74. The van der Waals surface area contributed by atoms with Crippen LogP contribution in [0.15, 0.2) is 42.5 Å². The SMILES string of the molecule is O=CC(=Cc1ccccc1)c1cc(F)c2c(c1)CC(=O)NO2. The monoisotopic (exact) mass is 297 g/mol. The average molecular weight is 297 g/mol. The van der Waals surface area contributed by atoms with Crippen molar-refractivity contribution in [3.63, 3.8) is 0 Å². The Morgan fingerprint density at radius 2 is 2.00 bits per heavy atom. The number of hydrogen-bond donors (Lipinski definition) is 1. The summed E-state index contributed by atoms with van der Waals surface area (Å²) in [5, 5.41) is 0. The van der Waals surface area contributed by atoms with Crippen molar-refractivity contribution < 1.29 is 18.8 Å². The second-order valence-corrected chi connectivity index (χ2v) is 4.88. The lowest BCUT2D eigenvalue weighted by atomic mass is 9.99. The predicted octanol–water partition coefficient (Wildman–Crippen LogP) is 2.53. The van der Waals surface area contributed by atoms with Crippen LogP contribution < -0.4 is 10.3 Å². The zero-order chi connectivity index (χ0) is 15.5. The van der Waals surface area contributed by atoms with Crippen LogP contribution in [0.4, 0.5) is 4.39 Å². The fraction of sp³-hybridized carbons (Fsp3) is 0.0588. The highest BCUT2D eigenvalue weighted by atomic mass is 19.1. The average Bonchev–Trinajstić information content (AvgIpc) is 2.53. The molecular weight excluding hydrogens is 285 g/mol. The number of hydroxylamine groups is 1. The van der Waals surface area contributed by atoms with Crippen molar-refractivity contribution in [2.75, 3.05) is 0 Å². The molecule has 1 N–H and O–H groups in total. The Hall–Kier alpha value is -2.95. The van der Waals surface area contributed by atoms with Gasteiger partial charge in [-0.25, -0.2) is 4.39 Å². The van der Waals surface area contributed by atoms with E-state index in [0.717, 1.165) is 5.56 Å². The number of allylic oxidation sites excluding steroid dienone is 1. The minimum atomic E-state index is -0.617. The molecule has 1 heterocycles. The summed E-state index contributed by atoms with van der Waals surface area (Å²) in [7, 11) is 0. The molecule has 0 bridgehead atoms. The first-order valence-corrected chi connectivity index (χ1v) is 6.68. The second-order valence-electron chi connectivity index (χ2n) is 4.88. The lowest BCUT2D eigenvalue weighted by molar-refractivity contribution is -0.128. The molecule has 0 atom stereocenters. The molecule has 0 saturated carbocycles. The number of aldehydes is 1. The summed E-state index contributed by atoms with van der Waals surface area (Å²) in [6, 6.07) is 12.1. The van der Waals surface area contributed by atoms with Gasteiger partial charge in [-0.2, -0.15) is 5.48 Å². The number of amides is 1. The molecule has 0 spiro atoms. The molecule has 1 aliphatic heterocycles. The molecule has 1 amide bonds. The van der Waals surface area contributed by atoms with Crippen molar-refractivity contribution in [2.24, 2.45) is 0 Å². The zero-order valence-electron chi connectivity index (χ0n) is 11.5. The quantitative estimate of drug-likeness (QED) is 0.538. The van der Waals surface area contributed by atoms with Gasteiger partial charge in [0.25, 0.3) is 5.91 Å². The van der Waals surface area contributed by atoms with Gasteiger partial charge in [-0.3, -0.25) is 9.59 Å². The van der Waals surface area contributed by atoms with Gasteiger partial charge in [0, 0.05) is 11.1 Å². The van der Waals surface area contributed by atoms with Crippen molar-refractivity contribution in [1.29, 1.82) is 0 Å². The maximum Gasteiger partial charge on any atom is 0.257 e. The molecule has 0 aromatic heterocycles. The van der Waals surface area contributed by atoms with Gasteiger partial charge in [0.05, 0.1) is 6.42 Å². The molecule has 0 saturated heterocycles. The highest BCUT2D eigenvalue weighted by Gasteiger charge is 2.22. The van der Waals surface area contributed by atoms with Gasteiger partial charge in [-0.15, -0.1) is 0 Å². The molecule has 0 fully saturated rings. The van der Waals surface area contributed by atoms with Gasteiger partial charge in [0.15, 0.2) is 17.9 Å². The summed E-state index contributed by atoms with van der Waals surface area (Å²) < 4.78 is 14.1. The zero-order valence-corrected chi connectivity index (χ0v) is 11.5. The van der Waals surface area contributed by atoms with E-state index in [1.165, 1.54) is 6.07 Å². The molecule has 2 aromatic rings. The van der Waals surface area contributed by atoms with Crippen molar-refractivity contribution in [3.05, 3.63) is 65.0 Å². The first-order valence-electron chi connectivity index (χ1n) is 6.68. The molecular formula is C17H12FNO3. The smallest absolute Gasteiger partial charge is 0.257 e. The van der Waals surface area contributed by atoms with E-state index < -0.39 is 5.82 Å². The van der Waals surface area contributed by atoms with Crippen molar-refractivity contribution >= 4 is 23.8 Å². The first kappa shape index (κ1) is 14.0. The summed E-state index contributed by atoms with van der Waals surface area (Å²) in [6.07, 6.45) is 2.34. The van der Waals surface area contributed by atoms with E-state index in [4.69, 9.17) is 4.84 Å². The second kappa shape index (κ2) is 5.81. The number of halogens is 1. The van der Waals surface area contributed by atoms with Crippen LogP contribution in [0.3, 0.4) is 0 Å². The molecule has 110 valence electrons. The van der Waals surface area contributed by atoms with Gasteiger partial charge >= 0.3 is 0 Å². The molecule has 3 rings (SSSR count). The van der Waals surface area contributed by atoms with E-state index in [2.05, 4.69) is 5.48 Å². The standard InChI is InChI=1S/C17H12FNO3/c18-15-8-12(7-13-9-16(21)19-22-17(13)15)14(10-20)6-11-4-2-1-3-5-11/h1-8,10H,9H2,(H,19,21). The lowest BCUT2D eigenvalue weighted by Gasteiger charge is -2.18. The number of carbonyl (C=O) groups excluding carboxylic acids is 2. The van der Waals surface area contributed by atoms with Gasteiger partial charge in [-0.1, -0.05) is 30.3 Å². The van der Waals surface area contributed by atoms with Gasteiger partial charge in [-0.05, 0) is 29.3 Å². The third-order valence-electron chi connectivity index (χ3n) is 3.32. The Kier molecular flexibility index (Phi) is 3.70. The normalized spacial score (nSPS) is 13.9. The van der Waals surface area contributed by atoms with E-state index in [1.807, 2.05) is 30.3 Å². The molecule has 1 aliphatic rings. The summed E-state index contributed by atoms with van der Waals surface area (Å²) in [5.74, 6) is -0.981. The minimum Gasteiger partial charge on any atom is -0.376 e. The van der Waals surface area contributed by atoms with Crippen molar-refractivity contribution in [1.82, 2.24) is 5.48 Å². The maximum atomic E-state index is 14.1. The highest BCUT2D eigenvalue weighted by molar-refractivity contribution is 6.13. The Morgan fingerprint density at radius 1 is 1.23 bits per heavy atom. The number of fused-ring (bicyclic) bond motifs is 1. The summed E-state index contributed by atoms with van der Waals surface area (Å²) >= 11 is 0. The van der Waals surface area contributed by atoms with E-state index in [0.29, 0.717) is 23.0 Å². The molecule has 5 heteroatoms. The molecule has 0 unspecified atom stereocenters. The number of rotatable bonds is 3. The Labute approximate surface area is 126 Å². The number of carbonyl (C=O) groups is 2. The summed E-state index contributed by atoms with van der Waals surface area (Å²) in [4.78, 5) is 27.6. The highest BCUT2D eigenvalue weighted by Crippen LogP contribution is 2.30. The van der Waals surface area contributed by atoms with E-state index >= 15 is 0 Å². The fourth-order valence-electron chi connectivity index (χ4n) is 2.29. The molecule has 22 heavy (non-hydrogen) atoms. The maximum absolute atomic E-state index is 14.1. The van der Waals surface area contributed by atoms with Crippen LogP contribution in [-0.4, -0.2) is 12.2 Å². The predicted molar refractivity (Wildman–Crippen MR) is 79.3 cm³/mol. The minimum absolute atomic E-state index is 0.00619. The Bertz CT molecular complexity index is 769. The van der Waals surface area contributed by atoms with Crippen LogP contribution >= 0.6 is 0 Å². The third-order valence-corrected chi connectivity index (χ3v) is 3.32. The van der Waals surface area contributed by atoms with Crippen LogP contribution in [0.5, 0.6) is 5.75 Å². The lowest BCUT2D eigenvalue weighted by Crippen LogP contribution is -2.33. The van der Waals surface area contributed by atoms with Crippen LogP contribution in [0, 0.1) is 5.82 Å². The number of nitrogens with one attached hydrogen (secondary N) is 1. The van der Waals surface area contributed by atoms with Gasteiger partial charge in [0.2, 0.25) is 0 Å². The number of benzene rings is 2. The van der Waals surface area contributed by atoms with Gasteiger partial charge in [0.1, 0.15) is 0 Å². The van der Waals surface area contributed by atoms with Crippen LogP contribution in [0.2, 0.25) is 0 Å². The van der Waals surface area contributed by atoms with Crippen molar-refractivity contribution in [2.45, 2.75) is 6.42 Å². The summed E-state index contributed by atoms with van der Waals surface area (Å²) in [6.45, 7) is 0. The van der Waals surface area contributed by atoms with Crippen molar-refractivity contribution in [3.8, 4) is 5.75 Å².